The van der Waals surface area contributed by atoms with E-state index in [1.807, 2.05) is 6.07 Å². The normalized spacial score (nSPS) is 15.1. The molecule has 3 rings (SSSR count). The first-order valence-corrected chi connectivity index (χ1v) is 8.93. The summed E-state index contributed by atoms with van der Waals surface area (Å²) in [7, 11) is 0. The maximum absolute atomic E-state index is 12.3. The van der Waals surface area contributed by atoms with E-state index in [0.29, 0.717) is 17.1 Å². The van der Waals surface area contributed by atoms with Gasteiger partial charge in [-0.15, -0.1) is 0 Å². The van der Waals surface area contributed by atoms with E-state index in [1.165, 1.54) is 18.6 Å². The lowest BCUT2D eigenvalue weighted by atomic mass is 9.95. The molecule has 1 aliphatic rings. The van der Waals surface area contributed by atoms with Crippen molar-refractivity contribution in [2.24, 2.45) is 0 Å². The Morgan fingerprint density at radius 2 is 1.89 bits per heavy atom. The highest BCUT2D eigenvalue weighted by Crippen LogP contribution is 2.27. The van der Waals surface area contributed by atoms with Gasteiger partial charge in [0.1, 0.15) is 23.2 Å². The summed E-state index contributed by atoms with van der Waals surface area (Å²) >= 11 is 0. The monoisotopic (exact) mass is 364 g/mol. The minimum atomic E-state index is -1.05. The molecule has 2 aromatic rings. The van der Waals surface area contributed by atoms with Crippen LogP contribution in [-0.2, 0) is 4.79 Å². The zero-order valence-corrected chi connectivity index (χ0v) is 14.8. The van der Waals surface area contributed by atoms with Gasteiger partial charge in [-0.1, -0.05) is 37.5 Å². The number of nitrogens with one attached hydrogen (secondary N) is 1. The summed E-state index contributed by atoms with van der Waals surface area (Å²) in [6, 6.07) is 11.8. The number of furan rings is 1. The molecule has 1 aromatic carbocycles. The quantitative estimate of drug-likeness (QED) is 0.616. The first-order chi connectivity index (χ1) is 13.1. The first-order valence-electron chi connectivity index (χ1n) is 8.93. The van der Waals surface area contributed by atoms with Gasteiger partial charge >= 0.3 is 5.97 Å². The molecule has 27 heavy (non-hydrogen) atoms. The van der Waals surface area contributed by atoms with E-state index in [2.05, 4.69) is 5.32 Å². The number of carbonyl (C=O) groups is 2. The number of nitriles is 1. The number of benzene rings is 1. The third-order valence-electron chi connectivity index (χ3n) is 4.64. The summed E-state index contributed by atoms with van der Waals surface area (Å²) in [6.45, 7) is 0. The summed E-state index contributed by atoms with van der Waals surface area (Å²) < 4.78 is 5.66. The molecule has 138 valence electrons. The van der Waals surface area contributed by atoms with Crippen molar-refractivity contribution in [1.29, 1.82) is 5.26 Å². The van der Waals surface area contributed by atoms with Crippen LogP contribution in [0.5, 0.6) is 0 Å². The standard InChI is InChI=1S/C21H20N2O4/c22-13-14(20(24)23-15-6-2-1-3-7-15)12-16-10-11-19(27-16)17-8-4-5-9-18(17)21(25)26/h4-5,8-12,15H,1-3,6-7H2,(H,23,24)(H,25,26). The molecular weight excluding hydrogens is 344 g/mol. The van der Waals surface area contributed by atoms with Gasteiger partial charge in [0.05, 0.1) is 5.56 Å². The molecule has 0 saturated heterocycles. The third-order valence-corrected chi connectivity index (χ3v) is 4.64. The van der Waals surface area contributed by atoms with Crippen molar-refractivity contribution in [1.82, 2.24) is 5.32 Å². The van der Waals surface area contributed by atoms with Gasteiger partial charge in [-0.05, 0) is 31.0 Å². The average molecular weight is 364 g/mol. The molecule has 0 spiro atoms. The number of nitrogens with zero attached hydrogens (tertiary/aromatic N) is 1. The van der Waals surface area contributed by atoms with Crippen LogP contribution >= 0.6 is 0 Å². The van der Waals surface area contributed by atoms with E-state index in [9.17, 15) is 20.0 Å². The highest BCUT2D eigenvalue weighted by molar-refractivity contribution is 6.01. The van der Waals surface area contributed by atoms with E-state index >= 15 is 0 Å². The molecule has 2 N–H and O–H groups in total. The zero-order valence-electron chi connectivity index (χ0n) is 14.8. The largest absolute Gasteiger partial charge is 0.478 e. The van der Waals surface area contributed by atoms with Crippen LogP contribution in [0.3, 0.4) is 0 Å². The summed E-state index contributed by atoms with van der Waals surface area (Å²) in [5.74, 6) is -0.776. The Balaban J connectivity index is 1.79. The number of carboxylic acid groups (broad SMARTS) is 1. The molecule has 1 heterocycles. The highest BCUT2D eigenvalue weighted by Gasteiger charge is 2.19. The lowest BCUT2D eigenvalue weighted by Crippen LogP contribution is -2.36. The Morgan fingerprint density at radius 1 is 1.15 bits per heavy atom. The second-order valence-corrected chi connectivity index (χ2v) is 6.53. The number of hydrogen-bond donors (Lipinski definition) is 2. The number of rotatable bonds is 5. The molecule has 0 unspecified atom stereocenters. The molecule has 0 atom stereocenters. The second-order valence-electron chi connectivity index (χ2n) is 6.53. The van der Waals surface area contributed by atoms with Crippen LogP contribution in [0.25, 0.3) is 17.4 Å². The smallest absolute Gasteiger partial charge is 0.336 e. The topological polar surface area (TPSA) is 103 Å². The lowest BCUT2D eigenvalue weighted by Gasteiger charge is -2.22. The van der Waals surface area contributed by atoms with Crippen molar-refractivity contribution >= 4 is 18.0 Å². The van der Waals surface area contributed by atoms with Gasteiger partial charge in [0.2, 0.25) is 0 Å². The maximum Gasteiger partial charge on any atom is 0.336 e. The van der Waals surface area contributed by atoms with Gasteiger partial charge in [-0.2, -0.15) is 5.26 Å². The van der Waals surface area contributed by atoms with Crippen LogP contribution in [-0.4, -0.2) is 23.0 Å². The SMILES string of the molecule is N#CC(=Cc1ccc(-c2ccccc2C(=O)O)o1)C(=O)NC1CCCCC1. The van der Waals surface area contributed by atoms with Gasteiger partial charge in [-0.3, -0.25) is 4.79 Å². The Bertz CT molecular complexity index is 914. The Hall–Kier alpha value is -3.33. The molecule has 6 nitrogen and oxygen atoms in total. The number of amides is 1. The van der Waals surface area contributed by atoms with E-state index < -0.39 is 11.9 Å². The van der Waals surface area contributed by atoms with Crippen molar-refractivity contribution in [2.75, 3.05) is 0 Å². The summed E-state index contributed by atoms with van der Waals surface area (Å²) in [6.07, 6.45) is 6.59. The average Bonchev–Trinajstić information content (AvgIpc) is 3.15. The van der Waals surface area contributed by atoms with Crippen LogP contribution in [0.4, 0.5) is 0 Å². The van der Waals surface area contributed by atoms with Crippen molar-refractivity contribution in [3.05, 3.63) is 53.3 Å². The minimum absolute atomic E-state index is 0.0343. The predicted octanol–water partition coefficient (Wildman–Crippen LogP) is 4.00. The predicted molar refractivity (Wildman–Crippen MR) is 99.7 cm³/mol. The van der Waals surface area contributed by atoms with Gasteiger partial charge in [0.25, 0.3) is 5.91 Å². The van der Waals surface area contributed by atoms with Crippen molar-refractivity contribution < 1.29 is 19.1 Å². The van der Waals surface area contributed by atoms with Crippen LogP contribution < -0.4 is 5.32 Å². The van der Waals surface area contributed by atoms with E-state index in [-0.39, 0.29) is 17.2 Å². The Morgan fingerprint density at radius 3 is 2.59 bits per heavy atom. The fourth-order valence-corrected chi connectivity index (χ4v) is 3.26. The van der Waals surface area contributed by atoms with Crippen molar-refractivity contribution in [3.63, 3.8) is 0 Å². The van der Waals surface area contributed by atoms with Crippen LogP contribution in [0, 0.1) is 11.3 Å². The number of hydrogen-bond acceptors (Lipinski definition) is 4. The van der Waals surface area contributed by atoms with E-state index in [1.54, 1.807) is 30.3 Å². The molecule has 1 amide bonds. The number of carbonyl (C=O) groups excluding carboxylic acids is 1. The molecular formula is C21H20N2O4. The zero-order chi connectivity index (χ0) is 19.2. The number of carboxylic acids is 1. The highest BCUT2D eigenvalue weighted by atomic mass is 16.4. The summed E-state index contributed by atoms with van der Waals surface area (Å²) in [4.78, 5) is 23.7. The maximum atomic E-state index is 12.3. The molecule has 1 fully saturated rings. The summed E-state index contributed by atoms with van der Waals surface area (Å²) in [5, 5.41) is 21.5. The molecule has 1 aromatic heterocycles. The van der Waals surface area contributed by atoms with E-state index in [0.717, 1.165) is 25.7 Å². The molecule has 0 bridgehead atoms. The fraction of sp³-hybridized carbons (Fsp3) is 0.286. The minimum Gasteiger partial charge on any atom is -0.478 e. The van der Waals surface area contributed by atoms with E-state index in [4.69, 9.17) is 4.42 Å². The van der Waals surface area contributed by atoms with Crippen LogP contribution in [0.1, 0.15) is 48.2 Å². The third kappa shape index (κ3) is 4.45. The Labute approximate surface area is 157 Å². The molecule has 1 aliphatic carbocycles. The second kappa shape index (κ2) is 8.37. The molecule has 0 radical (unpaired) electrons. The molecule has 1 saturated carbocycles. The summed E-state index contributed by atoms with van der Waals surface area (Å²) in [5.41, 5.74) is 0.528. The first kappa shape index (κ1) is 18.5. The molecule has 6 heteroatoms. The van der Waals surface area contributed by atoms with Gasteiger partial charge in [0, 0.05) is 17.7 Å². The number of aromatic carboxylic acids is 1. The lowest BCUT2D eigenvalue weighted by molar-refractivity contribution is -0.117. The molecule has 0 aliphatic heterocycles. The van der Waals surface area contributed by atoms with Crippen molar-refractivity contribution in [3.8, 4) is 17.4 Å². The Kier molecular flexibility index (Phi) is 5.72. The van der Waals surface area contributed by atoms with Crippen molar-refractivity contribution in [2.45, 2.75) is 38.1 Å². The van der Waals surface area contributed by atoms with Crippen LogP contribution in [0.2, 0.25) is 0 Å². The van der Waals surface area contributed by atoms with Gasteiger partial charge in [-0.25, -0.2) is 4.79 Å². The van der Waals surface area contributed by atoms with Gasteiger partial charge < -0.3 is 14.8 Å². The van der Waals surface area contributed by atoms with Gasteiger partial charge in [0.15, 0.2) is 0 Å². The van der Waals surface area contributed by atoms with Crippen LogP contribution in [0.15, 0.2) is 46.4 Å². The fourth-order valence-electron chi connectivity index (χ4n) is 3.26.